The van der Waals surface area contributed by atoms with Crippen LogP contribution in [0, 0.1) is 11.6 Å². The van der Waals surface area contributed by atoms with Crippen molar-refractivity contribution in [2.45, 2.75) is 55.5 Å². The number of nitrogens with zero attached hydrogens (tertiary/aromatic N) is 2. The molecule has 4 aliphatic rings. The van der Waals surface area contributed by atoms with Crippen molar-refractivity contribution < 1.29 is 31.1 Å². The van der Waals surface area contributed by atoms with Crippen LogP contribution in [0.3, 0.4) is 0 Å². The summed E-state index contributed by atoms with van der Waals surface area (Å²) in [5, 5.41) is 2.74. The number of amides is 1. The molecule has 2 heterocycles. The number of carbonyl (C=O) groups is 1. The lowest BCUT2D eigenvalue weighted by atomic mass is 9.47. The zero-order valence-electron chi connectivity index (χ0n) is 18.2. The van der Waals surface area contributed by atoms with Crippen LogP contribution in [0.15, 0.2) is 24.4 Å². The Balaban J connectivity index is 1.69. The van der Waals surface area contributed by atoms with Crippen molar-refractivity contribution in [3.63, 3.8) is 0 Å². The summed E-state index contributed by atoms with van der Waals surface area (Å²) in [5.41, 5.74) is 0.701. The van der Waals surface area contributed by atoms with E-state index in [-0.39, 0.29) is 43.6 Å². The van der Waals surface area contributed by atoms with Crippen LogP contribution in [0.1, 0.15) is 48.7 Å². The summed E-state index contributed by atoms with van der Waals surface area (Å²) in [4.78, 5) is 18.3. The summed E-state index contributed by atoms with van der Waals surface area (Å²) in [6.07, 6.45) is -3.31. The molecule has 0 unspecified atom stereocenters. The predicted octanol–water partition coefficient (Wildman–Crippen LogP) is 4.35. The Morgan fingerprint density at radius 3 is 2.26 bits per heavy atom. The molecule has 1 aromatic carbocycles. The van der Waals surface area contributed by atoms with E-state index in [0.29, 0.717) is 12.5 Å². The van der Waals surface area contributed by atoms with Gasteiger partial charge >= 0.3 is 6.18 Å². The molecule has 0 spiro atoms. The highest BCUT2D eigenvalue weighted by atomic mass is 19.4. The van der Waals surface area contributed by atoms with Crippen LogP contribution < -0.4 is 16.0 Å². The van der Waals surface area contributed by atoms with E-state index in [4.69, 9.17) is 5.73 Å². The first-order valence-electron chi connectivity index (χ1n) is 10.8. The lowest BCUT2D eigenvalue weighted by molar-refractivity contribution is -0.162. The number of hydrogen-bond acceptors (Lipinski definition) is 4. The monoisotopic (exact) mass is 484 g/mol. The van der Waals surface area contributed by atoms with Crippen molar-refractivity contribution in [3.8, 4) is 11.1 Å². The summed E-state index contributed by atoms with van der Waals surface area (Å²) >= 11 is 0. The zero-order chi connectivity index (χ0) is 24.7. The summed E-state index contributed by atoms with van der Waals surface area (Å²) < 4.78 is 84.2. The molecule has 11 heteroatoms. The van der Waals surface area contributed by atoms with Crippen LogP contribution in [-0.2, 0) is 6.18 Å². The number of nitrogens with two attached hydrogens (primary N) is 1. The van der Waals surface area contributed by atoms with Gasteiger partial charge in [0.15, 0.2) is 5.69 Å². The Morgan fingerprint density at radius 1 is 1.15 bits per heavy atom. The Morgan fingerprint density at radius 2 is 1.76 bits per heavy atom. The Hall–Kier alpha value is -2.82. The van der Waals surface area contributed by atoms with Gasteiger partial charge in [-0.1, -0.05) is 0 Å². The van der Waals surface area contributed by atoms with Crippen LogP contribution in [0.25, 0.3) is 11.1 Å². The highest BCUT2D eigenvalue weighted by Crippen LogP contribution is 2.63. The van der Waals surface area contributed by atoms with Gasteiger partial charge in [-0.25, -0.2) is 13.2 Å². The van der Waals surface area contributed by atoms with Crippen molar-refractivity contribution in [3.05, 3.63) is 47.3 Å². The fourth-order valence-corrected chi connectivity index (χ4v) is 5.46. The van der Waals surface area contributed by atoms with Gasteiger partial charge < -0.3 is 16.0 Å². The molecule has 2 aromatic rings. The normalized spacial score (nSPS) is 30.1. The second-order valence-corrected chi connectivity index (χ2v) is 10.1. The van der Waals surface area contributed by atoms with Crippen molar-refractivity contribution in [2.75, 3.05) is 18.0 Å². The molecular formula is C23H22F6N4O. The summed E-state index contributed by atoms with van der Waals surface area (Å²) in [6, 6.07) is 2.08. The third kappa shape index (κ3) is 3.79. The van der Waals surface area contributed by atoms with E-state index in [1.165, 1.54) is 4.90 Å². The minimum Gasteiger partial charge on any atom is -0.368 e. The van der Waals surface area contributed by atoms with Crippen molar-refractivity contribution >= 4 is 11.6 Å². The second kappa shape index (κ2) is 7.10. The maximum Gasteiger partial charge on any atom is 0.434 e. The molecule has 3 aliphatic carbocycles. The molecule has 3 saturated carbocycles. The van der Waals surface area contributed by atoms with Gasteiger partial charge in [-0.3, -0.25) is 9.78 Å². The topological polar surface area (TPSA) is 71.2 Å². The fourth-order valence-electron chi connectivity index (χ4n) is 5.46. The van der Waals surface area contributed by atoms with Crippen LogP contribution in [0.2, 0.25) is 0 Å². The van der Waals surface area contributed by atoms with Gasteiger partial charge in [0.05, 0.1) is 11.3 Å². The van der Waals surface area contributed by atoms with E-state index in [1.807, 2.05) is 0 Å². The summed E-state index contributed by atoms with van der Waals surface area (Å²) in [6.45, 7) is 2.05. The number of hydrogen-bond donors (Lipinski definition) is 2. The molecule has 3 N–H and O–H groups in total. The van der Waals surface area contributed by atoms with E-state index < -0.39 is 57.3 Å². The van der Waals surface area contributed by atoms with Gasteiger partial charge in [0.25, 0.3) is 5.91 Å². The van der Waals surface area contributed by atoms with Crippen LogP contribution in [0.5, 0.6) is 0 Å². The number of aromatic nitrogens is 1. The number of alkyl halides is 4. The molecule has 0 radical (unpaired) electrons. The molecule has 1 saturated heterocycles. The maximum atomic E-state index is 14.1. The van der Waals surface area contributed by atoms with Crippen molar-refractivity contribution in [2.24, 2.45) is 5.73 Å². The molecule has 2 bridgehead atoms. The van der Waals surface area contributed by atoms with Gasteiger partial charge in [0.2, 0.25) is 0 Å². The number of rotatable bonds is 4. The maximum absolute atomic E-state index is 14.1. The first-order valence-corrected chi connectivity index (χ1v) is 10.8. The molecule has 1 amide bonds. The predicted molar refractivity (Wildman–Crippen MR) is 112 cm³/mol. The average Bonchev–Trinajstić information content (AvgIpc) is 3.02. The number of anilines is 1. The number of nitrogens with one attached hydrogen (secondary N) is 1. The van der Waals surface area contributed by atoms with E-state index in [0.717, 1.165) is 18.3 Å². The number of halogens is 6. The first kappa shape index (κ1) is 22.9. The van der Waals surface area contributed by atoms with Gasteiger partial charge in [-0.15, -0.1) is 0 Å². The first-order chi connectivity index (χ1) is 15.7. The summed E-state index contributed by atoms with van der Waals surface area (Å²) in [5.74, 6) is -2.87. The number of carbonyl (C=O) groups excluding carboxylic acids is 1. The van der Waals surface area contributed by atoms with Gasteiger partial charge in [-0.05, 0) is 31.0 Å². The lowest BCUT2D eigenvalue weighted by Gasteiger charge is -2.65. The SMILES string of the molecule is C[C@]1(N)CCN(c2c(C(=O)NC34CC(F)(C3)C4)cnc(C(F)(F)F)c2-c2cc(F)cc(F)c2)C1. The molecule has 4 fully saturated rings. The van der Waals surface area contributed by atoms with E-state index in [9.17, 15) is 31.1 Å². The quantitative estimate of drug-likeness (QED) is 0.634. The highest BCUT2D eigenvalue weighted by molar-refractivity contribution is 6.04. The minimum atomic E-state index is -4.97. The Labute approximate surface area is 191 Å². The smallest absolute Gasteiger partial charge is 0.368 e. The third-order valence-electron chi connectivity index (χ3n) is 6.88. The third-order valence-corrected chi connectivity index (χ3v) is 6.88. The van der Waals surface area contributed by atoms with E-state index >= 15 is 0 Å². The van der Waals surface area contributed by atoms with Gasteiger partial charge in [-0.2, -0.15) is 13.2 Å². The van der Waals surface area contributed by atoms with E-state index in [1.54, 1.807) is 6.92 Å². The van der Waals surface area contributed by atoms with Gasteiger partial charge in [0, 0.05) is 61.3 Å². The molecule has 1 aromatic heterocycles. The summed E-state index contributed by atoms with van der Waals surface area (Å²) in [7, 11) is 0. The van der Waals surface area contributed by atoms with Crippen molar-refractivity contribution in [1.82, 2.24) is 10.3 Å². The van der Waals surface area contributed by atoms with Crippen LogP contribution in [0.4, 0.5) is 32.0 Å². The molecule has 1 aliphatic heterocycles. The van der Waals surface area contributed by atoms with E-state index in [2.05, 4.69) is 10.3 Å². The highest BCUT2D eigenvalue weighted by Gasteiger charge is 2.70. The molecule has 182 valence electrons. The minimum absolute atomic E-state index is 0.109. The standard InChI is InChI=1S/C23H22F6N4O/c1-20(30)2-3-33(11-20)17-15(19(34)32-22-8-21(26,9-22)10-22)7-31-18(23(27,28)29)16(17)12-4-13(24)6-14(25)5-12/h4-7H,2-3,8-11,30H2,1H3,(H,32,34)/t20-,21?,22?/m0/s1. The van der Waals surface area contributed by atoms with Crippen LogP contribution >= 0.6 is 0 Å². The largest absolute Gasteiger partial charge is 0.434 e. The lowest BCUT2D eigenvalue weighted by Crippen LogP contribution is -2.76. The Bertz CT molecular complexity index is 1150. The molecular weight excluding hydrogens is 462 g/mol. The van der Waals surface area contributed by atoms with Crippen LogP contribution in [-0.4, -0.2) is 40.7 Å². The molecule has 34 heavy (non-hydrogen) atoms. The number of benzene rings is 1. The zero-order valence-corrected chi connectivity index (χ0v) is 18.2. The van der Waals surface area contributed by atoms with Crippen molar-refractivity contribution in [1.29, 1.82) is 0 Å². The molecule has 1 atom stereocenters. The number of pyridine rings is 1. The molecule has 6 rings (SSSR count). The molecule has 5 nitrogen and oxygen atoms in total. The van der Waals surface area contributed by atoms with Gasteiger partial charge in [0.1, 0.15) is 17.3 Å². The Kier molecular flexibility index (Phi) is 4.79. The second-order valence-electron chi connectivity index (χ2n) is 10.1. The average molecular weight is 484 g/mol. The fraction of sp³-hybridized carbons (Fsp3) is 0.478.